The Morgan fingerprint density at radius 2 is 2.04 bits per heavy atom. The van der Waals surface area contributed by atoms with Gasteiger partial charge in [0, 0.05) is 24.7 Å². The van der Waals surface area contributed by atoms with Gasteiger partial charge in [-0.25, -0.2) is 12.8 Å². The number of nitrogens with one attached hydrogen (secondary N) is 1. The smallest absolute Gasteiger partial charge is 0.251 e. The van der Waals surface area contributed by atoms with E-state index in [4.69, 9.17) is 4.74 Å². The molecule has 23 heavy (non-hydrogen) atoms. The van der Waals surface area contributed by atoms with Crippen molar-refractivity contribution in [2.75, 3.05) is 26.3 Å². The molecule has 1 aliphatic heterocycles. The summed E-state index contributed by atoms with van der Waals surface area (Å²) in [4.78, 5) is 11.6. The van der Waals surface area contributed by atoms with Crippen LogP contribution in [0.2, 0.25) is 0 Å². The lowest BCUT2D eigenvalue weighted by Gasteiger charge is -2.26. The van der Waals surface area contributed by atoms with E-state index in [-0.39, 0.29) is 37.9 Å². The molecule has 0 spiro atoms. The van der Waals surface area contributed by atoms with Crippen LogP contribution in [0, 0.1) is 5.82 Å². The van der Waals surface area contributed by atoms with Crippen LogP contribution in [0.5, 0.6) is 0 Å². The molecule has 1 amide bonds. The number of hydrogen-bond acceptors (Lipinski definition) is 4. The zero-order valence-corrected chi connectivity index (χ0v) is 14.0. The molecule has 8 heteroatoms. The molecule has 0 bridgehead atoms. The summed E-state index contributed by atoms with van der Waals surface area (Å²) in [6.07, 6.45) is 0.742. The quantitative estimate of drug-likeness (QED) is 0.875. The van der Waals surface area contributed by atoms with Gasteiger partial charge in [0.05, 0.1) is 13.2 Å². The first-order valence-electron chi connectivity index (χ1n) is 7.54. The van der Waals surface area contributed by atoms with Crippen LogP contribution in [0.3, 0.4) is 0 Å². The molecule has 0 unspecified atom stereocenters. The Kier molecular flexibility index (Phi) is 5.72. The first-order chi connectivity index (χ1) is 10.9. The largest absolute Gasteiger partial charge is 0.379 e. The number of sulfonamides is 1. The minimum Gasteiger partial charge on any atom is -0.379 e. The van der Waals surface area contributed by atoms with Crippen molar-refractivity contribution in [3.8, 4) is 0 Å². The van der Waals surface area contributed by atoms with E-state index in [0.29, 0.717) is 0 Å². The molecule has 2 rings (SSSR count). The Labute approximate surface area is 135 Å². The number of carbonyl (C=O) groups is 1. The fourth-order valence-corrected chi connectivity index (χ4v) is 3.68. The van der Waals surface area contributed by atoms with Gasteiger partial charge in [0.1, 0.15) is 10.7 Å². The number of morpholine rings is 1. The zero-order valence-electron chi connectivity index (χ0n) is 13.2. The molecule has 1 aromatic carbocycles. The van der Waals surface area contributed by atoms with Crippen LogP contribution in [-0.4, -0.2) is 51.0 Å². The average molecular weight is 344 g/mol. The van der Waals surface area contributed by atoms with Crippen LogP contribution in [0.4, 0.5) is 4.39 Å². The highest BCUT2D eigenvalue weighted by Gasteiger charge is 2.29. The van der Waals surface area contributed by atoms with Gasteiger partial charge in [-0.3, -0.25) is 4.79 Å². The molecular formula is C15H21FN2O4S. The van der Waals surface area contributed by atoms with Gasteiger partial charge in [-0.15, -0.1) is 0 Å². The van der Waals surface area contributed by atoms with Crippen molar-refractivity contribution in [2.24, 2.45) is 0 Å². The van der Waals surface area contributed by atoms with Crippen molar-refractivity contribution < 1.29 is 22.3 Å². The Balaban J connectivity index is 2.31. The summed E-state index contributed by atoms with van der Waals surface area (Å²) in [5, 5.41) is 2.73. The molecule has 0 radical (unpaired) electrons. The molecule has 1 fully saturated rings. The second-order valence-electron chi connectivity index (χ2n) is 5.44. The van der Waals surface area contributed by atoms with Crippen molar-refractivity contribution in [1.82, 2.24) is 9.62 Å². The molecule has 1 aromatic rings. The summed E-state index contributed by atoms with van der Waals surface area (Å²) < 4.78 is 45.5. The summed E-state index contributed by atoms with van der Waals surface area (Å²) in [7, 11) is -3.98. The molecule has 128 valence electrons. The highest BCUT2D eigenvalue weighted by molar-refractivity contribution is 7.89. The summed E-state index contributed by atoms with van der Waals surface area (Å²) in [6, 6.07) is 3.34. The summed E-state index contributed by atoms with van der Waals surface area (Å²) in [6.45, 7) is 4.65. The minimum absolute atomic E-state index is 0.0492. The molecule has 0 aromatic heterocycles. The van der Waals surface area contributed by atoms with Crippen LogP contribution in [-0.2, 0) is 14.8 Å². The van der Waals surface area contributed by atoms with Crippen molar-refractivity contribution in [3.63, 3.8) is 0 Å². The second-order valence-corrected chi connectivity index (χ2v) is 7.35. The number of benzene rings is 1. The summed E-state index contributed by atoms with van der Waals surface area (Å²) >= 11 is 0. The van der Waals surface area contributed by atoms with E-state index in [1.54, 1.807) is 0 Å². The SMILES string of the molecule is CC[C@@H](C)NC(=O)c1ccc(F)c(S(=O)(=O)N2CCOCC2)c1. The van der Waals surface area contributed by atoms with Crippen molar-refractivity contribution in [2.45, 2.75) is 31.2 Å². The van der Waals surface area contributed by atoms with Crippen LogP contribution in [0.25, 0.3) is 0 Å². The molecule has 0 saturated carbocycles. The van der Waals surface area contributed by atoms with Gasteiger partial charge in [-0.05, 0) is 31.5 Å². The van der Waals surface area contributed by atoms with Crippen LogP contribution in [0.15, 0.2) is 23.1 Å². The van der Waals surface area contributed by atoms with Gasteiger partial charge in [0.15, 0.2) is 0 Å². The number of rotatable bonds is 5. The fourth-order valence-electron chi connectivity index (χ4n) is 2.18. The van der Waals surface area contributed by atoms with Crippen LogP contribution in [0.1, 0.15) is 30.6 Å². The number of amides is 1. The Bertz CT molecular complexity index is 672. The van der Waals surface area contributed by atoms with Gasteiger partial charge in [-0.1, -0.05) is 6.92 Å². The lowest BCUT2D eigenvalue weighted by atomic mass is 10.2. The van der Waals surface area contributed by atoms with Gasteiger partial charge < -0.3 is 10.1 Å². The van der Waals surface area contributed by atoms with E-state index in [9.17, 15) is 17.6 Å². The number of hydrogen-bond donors (Lipinski definition) is 1. The maximum absolute atomic E-state index is 14.0. The molecule has 1 N–H and O–H groups in total. The predicted octanol–water partition coefficient (Wildman–Crippen LogP) is 1.37. The second kappa shape index (κ2) is 7.37. The summed E-state index contributed by atoms with van der Waals surface area (Å²) in [5.74, 6) is -1.28. The number of halogens is 1. The Morgan fingerprint density at radius 3 is 2.65 bits per heavy atom. The lowest BCUT2D eigenvalue weighted by molar-refractivity contribution is 0.0729. The van der Waals surface area contributed by atoms with Crippen LogP contribution >= 0.6 is 0 Å². The lowest BCUT2D eigenvalue weighted by Crippen LogP contribution is -2.41. The highest BCUT2D eigenvalue weighted by Crippen LogP contribution is 2.22. The highest BCUT2D eigenvalue weighted by atomic mass is 32.2. The van der Waals surface area contributed by atoms with Gasteiger partial charge in [-0.2, -0.15) is 4.31 Å². The molecule has 1 aliphatic rings. The number of ether oxygens (including phenoxy) is 1. The third-order valence-corrected chi connectivity index (χ3v) is 5.68. The van der Waals surface area contributed by atoms with Crippen molar-refractivity contribution in [3.05, 3.63) is 29.6 Å². The van der Waals surface area contributed by atoms with E-state index in [2.05, 4.69) is 5.32 Å². The van der Waals surface area contributed by atoms with Crippen molar-refractivity contribution >= 4 is 15.9 Å². The first kappa shape index (κ1) is 17.8. The van der Waals surface area contributed by atoms with Gasteiger partial charge in [0.2, 0.25) is 10.0 Å². The van der Waals surface area contributed by atoms with E-state index >= 15 is 0 Å². The van der Waals surface area contributed by atoms with E-state index in [1.165, 1.54) is 10.4 Å². The third-order valence-electron chi connectivity index (χ3n) is 3.77. The van der Waals surface area contributed by atoms with Gasteiger partial charge >= 0.3 is 0 Å². The normalized spacial score (nSPS) is 17.7. The molecular weight excluding hydrogens is 323 g/mol. The molecule has 0 aliphatic carbocycles. The minimum atomic E-state index is -3.98. The topological polar surface area (TPSA) is 75.7 Å². The fraction of sp³-hybridized carbons (Fsp3) is 0.533. The molecule has 6 nitrogen and oxygen atoms in total. The number of nitrogens with zero attached hydrogens (tertiary/aromatic N) is 1. The Morgan fingerprint density at radius 1 is 1.39 bits per heavy atom. The molecule has 1 atom stereocenters. The zero-order chi connectivity index (χ0) is 17.0. The third kappa shape index (κ3) is 4.07. The average Bonchev–Trinajstić information content (AvgIpc) is 2.55. The van der Waals surface area contributed by atoms with E-state index in [0.717, 1.165) is 18.6 Å². The van der Waals surface area contributed by atoms with E-state index in [1.807, 2.05) is 13.8 Å². The van der Waals surface area contributed by atoms with Gasteiger partial charge in [0.25, 0.3) is 5.91 Å². The first-order valence-corrected chi connectivity index (χ1v) is 8.98. The predicted molar refractivity (Wildman–Crippen MR) is 83.2 cm³/mol. The van der Waals surface area contributed by atoms with Crippen molar-refractivity contribution in [1.29, 1.82) is 0 Å². The maximum Gasteiger partial charge on any atom is 0.251 e. The molecule has 1 saturated heterocycles. The molecule has 1 heterocycles. The number of carbonyl (C=O) groups excluding carboxylic acids is 1. The standard InChI is InChI=1S/C15H21FN2O4S/c1-3-11(2)17-15(19)12-4-5-13(16)14(10-12)23(20,21)18-6-8-22-9-7-18/h4-5,10-11H,3,6-9H2,1-2H3,(H,17,19)/t11-/m1/s1. The Hall–Kier alpha value is -1.51. The van der Waals surface area contributed by atoms with E-state index < -0.39 is 26.6 Å². The summed E-state index contributed by atoms with van der Waals surface area (Å²) in [5.41, 5.74) is 0.124. The van der Waals surface area contributed by atoms with Crippen LogP contribution < -0.4 is 5.32 Å². The maximum atomic E-state index is 14.0. The monoisotopic (exact) mass is 344 g/mol.